The second-order valence-electron chi connectivity index (χ2n) is 7.49. The Morgan fingerprint density at radius 1 is 0.724 bits per heavy atom. The van der Waals surface area contributed by atoms with Crippen LogP contribution in [0, 0.1) is 0 Å². The van der Waals surface area contributed by atoms with Crippen molar-refractivity contribution in [2.75, 3.05) is 6.61 Å². The van der Waals surface area contributed by atoms with E-state index < -0.39 is 12.8 Å². The third kappa shape index (κ3) is 6.52. The highest BCUT2D eigenvalue weighted by atomic mass is 19.4. The zero-order valence-electron chi connectivity index (χ0n) is 16.8. The van der Waals surface area contributed by atoms with Crippen LogP contribution < -0.4 is 4.74 Å². The molecule has 0 aromatic heterocycles. The van der Waals surface area contributed by atoms with Crippen LogP contribution in [0.4, 0.5) is 13.2 Å². The molecule has 3 aromatic rings. The van der Waals surface area contributed by atoms with Gasteiger partial charge in [0.05, 0.1) is 0 Å². The van der Waals surface area contributed by atoms with Crippen molar-refractivity contribution in [2.45, 2.75) is 51.6 Å². The number of hydrogen-bond donors (Lipinski definition) is 0. The summed E-state index contributed by atoms with van der Waals surface area (Å²) >= 11 is 0. The lowest BCUT2D eigenvalue weighted by Crippen LogP contribution is -2.19. The second kappa shape index (κ2) is 9.82. The van der Waals surface area contributed by atoms with Crippen LogP contribution in [-0.2, 0) is 6.42 Å². The molecule has 0 N–H and O–H groups in total. The maximum Gasteiger partial charge on any atom is 0.422 e. The fourth-order valence-electron chi connectivity index (χ4n) is 3.45. The summed E-state index contributed by atoms with van der Waals surface area (Å²) in [5.41, 5.74) is 3.59. The molecular weight excluding hydrogens is 373 g/mol. The number of unbranched alkanes of at least 4 members (excludes halogenated alkanes) is 4. The average Bonchev–Trinajstić information content (AvgIpc) is 2.71. The standard InChI is InChI=1S/C25H27F3O/c1-2-3-4-5-6-7-19-8-10-20(11-9-19)21-12-13-23-17-24(15-14-22(23)16-21)29-18-25(26,27)28/h8-17H,2-7,18H2,1H3. The van der Waals surface area contributed by atoms with Crippen LogP contribution in [0.25, 0.3) is 21.9 Å². The quantitative estimate of drug-likeness (QED) is 0.331. The molecule has 0 aliphatic heterocycles. The molecule has 3 aromatic carbocycles. The molecule has 0 saturated heterocycles. The van der Waals surface area contributed by atoms with Crippen LogP contribution in [0.1, 0.15) is 44.6 Å². The van der Waals surface area contributed by atoms with Crippen molar-refractivity contribution in [1.82, 2.24) is 0 Å². The van der Waals surface area contributed by atoms with Crippen LogP contribution in [0.2, 0.25) is 0 Å². The fraction of sp³-hybridized carbons (Fsp3) is 0.360. The van der Waals surface area contributed by atoms with Crippen LogP contribution in [-0.4, -0.2) is 12.8 Å². The summed E-state index contributed by atoms with van der Waals surface area (Å²) in [5.74, 6) is 0.228. The summed E-state index contributed by atoms with van der Waals surface area (Å²) in [4.78, 5) is 0. The van der Waals surface area contributed by atoms with Gasteiger partial charge in [0.15, 0.2) is 6.61 Å². The summed E-state index contributed by atoms with van der Waals surface area (Å²) in [5, 5.41) is 1.83. The zero-order valence-corrected chi connectivity index (χ0v) is 16.8. The molecular formula is C25H27F3O. The van der Waals surface area contributed by atoms with Crippen molar-refractivity contribution < 1.29 is 17.9 Å². The fourth-order valence-corrected chi connectivity index (χ4v) is 3.45. The normalized spacial score (nSPS) is 11.7. The lowest BCUT2D eigenvalue weighted by Gasteiger charge is -2.10. The Morgan fingerprint density at radius 2 is 1.38 bits per heavy atom. The van der Waals surface area contributed by atoms with Gasteiger partial charge in [0, 0.05) is 0 Å². The number of hydrogen-bond acceptors (Lipinski definition) is 1. The summed E-state index contributed by atoms with van der Waals surface area (Å²) in [6, 6.07) is 19.7. The van der Waals surface area contributed by atoms with Gasteiger partial charge in [-0.05, 0) is 58.5 Å². The molecule has 0 radical (unpaired) electrons. The number of alkyl halides is 3. The molecule has 0 heterocycles. The first-order valence-corrected chi connectivity index (χ1v) is 10.3. The van der Waals surface area contributed by atoms with Crippen LogP contribution >= 0.6 is 0 Å². The highest BCUT2D eigenvalue weighted by Crippen LogP contribution is 2.28. The van der Waals surface area contributed by atoms with Crippen molar-refractivity contribution >= 4 is 10.8 Å². The van der Waals surface area contributed by atoms with E-state index >= 15 is 0 Å². The topological polar surface area (TPSA) is 9.23 Å². The van der Waals surface area contributed by atoms with E-state index in [4.69, 9.17) is 4.74 Å². The van der Waals surface area contributed by atoms with E-state index in [1.54, 1.807) is 18.2 Å². The van der Waals surface area contributed by atoms with Crippen LogP contribution in [0.15, 0.2) is 60.7 Å². The van der Waals surface area contributed by atoms with E-state index in [0.29, 0.717) is 0 Å². The third-order valence-corrected chi connectivity index (χ3v) is 5.07. The predicted octanol–water partition coefficient (Wildman–Crippen LogP) is 7.96. The van der Waals surface area contributed by atoms with Gasteiger partial charge in [0.2, 0.25) is 0 Å². The Kier molecular flexibility index (Phi) is 7.18. The molecule has 4 heteroatoms. The van der Waals surface area contributed by atoms with E-state index in [1.165, 1.54) is 37.7 Å². The molecule has 0 unspecified atom stereocenters. The number of rotatable bonds is 9. The SMILES string of the molecule is CCCCCCCc1ccc(-c2ccc3cc(OCC(F)(F)F)ccc3c2)cc1. The number of ether oxygens (including phenoxy) is 1. The molecule has 0 spiro atoms. The van der Waals surface area contributed by atoms with Crippen molar-refractivity contribution in [1.29, 1.82) is 0 Å². The Labute approximate surface area is 170 Å². The largest absolute Gasteiger partial charge is 0.484 e. The zero-order chi connectivity index (χ0) is 20.7. The summed E-state index contributed by atoms with van der Waals surface area (Å²) in [7, 11) is 0. The first-order valence-electron chi connectivity index (χ1n) is 10.3. The molecule has 154 valence electrons. The predicted molar refractivity (Wildman–Crippen MR) is 113 cm³/mol. The first kappa shape index (κ1) is 21.2. The van der Waals surface area contributed by atoms with Crippen molar-refractivity contribution in [3.05, 3.63) is 66.2 Å². The Hall–Kier alpha value is -2.49. The minimum Gasteiger partial charge on any atom is -0.484 e. The van der Waals surface area contributed by atoms with Crippen LogP contribution in [0.5, 0.6) is 5.75 Å². The van der Waals surface area contributed by atoms with Gasteiger partial charge >= 0.3 is 6.18 Å². The van der Waals surface area contributed by atoms with E-state index in [9.17, 15) is 13.2 Å². The molecule has 0 aliphatic carbocycles. The van der Waals surface area contributed by atoms with E-state index in [-0.39, 0.29) is 5.75 Å². The van der Waals surface area contributed by atoms with Gasteiger partial charge < -0.3 is 4.74 Å². The highest BCUT2D eigenvalue weighted by Gasteiger charge is 2.28. The summed E-state index contributed by atoms with van der Waals surface area (Å²) < 4.78 is 41.8. The number of fused-ring (bicyclic) bond motifs is 1. The Morgan fingerprint density at radius 3 is 2.10 bits per heavy atom. The van der Waals surface area contributed by atoms with Crippen molar-refractivity contribution in [3.8, 4) is 16.9 Å². The van der Waals surface area contributed by atoms with E-state index in [1.807, 2.05) is 12.1 Å². The summed E-state index contributed by atoms with van der Waals surface area (Å²) in [6.45, 7) is 0.952. The Bertz CT molecular complexity index is 913. The highest BCUT2D eigenvalue weighted by molar-refractivity contribution is 5.88. The lowest BCUT2D eigenvalue weighted by atomic mass is 9.98. The number of benzene rings is 3. The molecule has 0 amide bonds. The molecule has 0 fully saturated rings. The third-order valence-electron chi connectivity index (χ3n) is 5.07. The lowest BCUT2D eigenvalue weighted by molar-refractivity contribution is -0.153. The van der Waals surface area contributed by atoms with Gasteiger partial charge in [-0.2, -0.15) is 13.2 Å². The van der Waals surface area contributed by atoms with E-state index in [2.05, 4.69) is 37.3 Å². The van der Waals surface area contributed by atoms with Crippen molar-refractivity contribution in [3.63, 3.8) is 0 Å². The molecule has 29 heavy (non-hydrogen) atoms. The molecule has 0 bridgehead atoms. The van der Waals surface area contributed by atoms with Crippen molar-refractivity contribution in [2.24, 2.45) is 0 Å². The maximum atomic E-state index is 12.3. The molecule has 0 saturated carbocycles. The van der Waals surface area contributed by atoms with Crippen LogP contribution in [0.3, 0.4) is 0 Å². The van der Waals surface area contributed by atoms with Gasteiger partial charge in [0.25, 0.3) is 0 Å². The smallest absolute Gasteiger partial charge is 0.422 e. The van der Waals surface area contributed by atoms with Gasteiger partial charge in [-0.1, -0.05) is 75.1 Å². The summed E-state index contributed by atoms with van der Waals surface area (Å²) in [6.07, 6.45) is 3.19. The second-order valence-corrected chi connectivity index (χ2v) is 7.49. The molecule has 0 aliphatic rings. The molecule has 3 rings (SSSR count). The van der Waals surface area contributed by atoms with E-state index in [0.717, 1.165) is 28.3 Å². The molecule has 1 nitrogen and oxygen atoms in total. The van der Waals surface area contributed by atoms with Gasteiger partial charge in [0.1, 0.15) is 5.75 Å². The Balaban J connectivity index is 1.65. The average molecular weight is 400 g/mol. The first-order chi connectivity index (χ1) is 13.9. The maximum absolute atomic E-state index is 12.3. The number of halogens is 3. The minimum absolute atomic E-state index is 0.228. The van der Waals surface area contributed by atoms with Gasteiger partial charge in [-0.15, -0.1) is 0 Å². The van der Waals surface area contributed by atoms with Gasteiger partial charge in [-0.3, -0.25) is 0 Å². The minimum atomic E-state index is -4.33. The monoisotopic (exact) mass is 400 g/mol. The van der Waals surface area contributed by atoms with Gasteiger partial charge in [-0.25, -0.2) is 0 Å². The molecule has 0 atom stereocenters. The number of aryl methyl sites for hydroxylation is 1.